The average Bonchev–Trinajstić information content (AvgIpc) is 3.16. The molecule has 0 radical (unpaired) electrons. The Morgan fingerprint density at radius 1 is 1.53 bits per heavy atom. The number of morpholine rings is 1. The van der Waals surface area contributed by atoms with Crippen LogP contribution in [0.3, 0.4) is 0 Å². The van der Waals surface area contributed by atoms with Gasteiger partial charge in [0.25, 0.3) is 0 Å². The zero-order chi connectivity index (χ0) is 12.1. The van der Waals surface area contributed by atoms with E-state index < -0.39 is 0 Å². The summed E-state index contributed by atoms with van der Waals surface area (Å²) in [7, 11) is 0. The molecule has 2 fully saturated rings. The van der Waals surface area contributed by atoms with Gasteiger partial charge in [-0.25, -0.2) is 0 Å². The molecule has 1 N–H and O–H groups in total. The van der Waals surface area contributed by atoms with E-state index in [1.54, 1.807) is 0 Å². The van der Waals surface area contributed by atoms with Gasteiger partial charge in [0.2, 0.25) is 5.91 Å². The molecular formula is C12H22N2O3. The Labute approximate surface area is 102 Å². The lowest BCUT2D eigenvalue weighted by Crippen LogP contribution is -2.42. The highest BCUT2D eigenvalue weighted by Crippen LogP contribution is 2.26. The first-order chi connectivity index (χ1) is 8.31. The van der Waals surface area contributed by atoms with E-state index in [0.29, 0.717) is 12.6 Å². The van der Waals surface area contributed by atoms with Crippen LogP contribution < -0.4 is 5.32 Å². The van der Waals surface area contributed by atoms with Gasteiger partial charge in [-0.3, -0.25) is 4.79 Å². The van der Waals surface area contributed by atoms with Crippen LogP contribution in [0.1, 0.15) is 19.8 Å². The second kappa shape index (κ2) is 6.33. The summed E-state index contributed by atoms with van der Waals surface area (Å²) in [5.41, 5.74) is 0. The van der Waals surface area contributed by atoms with Crippen molar-refractivity contribution in [3.8, 4) is 0 Å². The molecule has 1 aliphatic heterocycles. The zero-order valence-electron chi connectivity index (χ0n) is 10.5. The first-order valence-corrected chi connectivity index (χ1v) is 6.50. The third-order valence-corrected chi connectivity index (χ3v) is 3.18. The third-order valence-electron chi connectivity index (χ3n) is 3.18. The Balaban J connectivity index is 1.61. The molecule has 0 bridgehead atoms. The maximum Gasteiger partial charge on any atom is 0.248 e. The first-order valence-electron chi connectivity index (χ1n) is 6.50. The van der Waals surface area contributed by atoms with E-state index in [9.17, 15) is 4.79 Å². The highest BCUT2D eigenvalue weighted by molar-refractivity contribution is 5.78. The Morgan fingerprint density at radius 2 is 2.35 bits per heavy atom. The minimum absolute atomic E-state index is 0.0903. The van der Waals surface area contributed by atoms with Crippen LogP contribution in [0.15, 0.2) is 0 Å². The van der Waals surface area contributed by atoms with Crippen molar-refractivity contribution in [2.24, 2.45) is 0 Å². The van der Waals surface area contributed by atoms with Crippen molar-refractivity contribution in [1.82, 2.24) is 10.2 Å². The number of rotatable bonds is 6. The second-order valence-electron chi connectivity index (χ2n) is 4.62. The van der Waals surface area contributed by atoms with Crippen LogP contribution in [-0.4, -0.2) is 62.4 Å². The predicted molar refractivity (Wildman–Crippen MR) is 63.8 cm³/mol. The molecule has 1 saturated heterocycles. The normalized spacial score (nSPS) is 24.6. The van der Waals surface area contributed by atoms with Crippen LogP contribution in [-0.2, 0) is 14.3 Å². The van der Waals surface area contributed by atoms with Gasteiger partial charge in [0.1, 0.15) is 6.61 Å². The van der Waals surface area contributed by atoms with Gasteiger partial charge in [-0.15, -0.1) is 0 Å². The topological polar surface area (TPSA) is 50.8 Å². The highest BCUT2D eigenvalue weighted by atomic mass is 16.5. The van der Waals surface area contributed by atoms with Gasteiger partial charge < -0.3 is 19.7 Å². The van der Waals surface area contributed by atoms with Gasteiger partial charge in [0.05, 0.1) is 19.3 Å². The summed E-state index contributed by atoms with van der Waals surface area (Å²) in [6.07, 6.45) is 2.39. The molecule has 5 nitrogen and oxygen atoms in total. The third kappa shape index (κ3) is 3.94. The lowest BCUT2D eigenvalue weighted by Gasteiger charge is -2.24. The van der Waals surface area contributed by atoms with Crippen LogP contribution in [0.4, 0.5) is 0 Å². The van der Waals surface area contributed by atoms with Crippen molar-refractivity contribution >= 4 is 5.91 Å². The van der Waals surface area contributed by atoms with Crippen LogP contribution >= 0.6 is 0 Å². The molecule has 1 atom stereocenters. The van der Waals surface area contributed by atoms with Crippen LogP contribution in [0.25, 0.3) is 0 Å². The van der Waals surface area contributed by atoms with E-state index in [-0.39, 0.29) is 18.6 Å². The molecule has 2 rings (SSSR count). The molecular weight excluding hydrogens is 220 g/mol. The molecule has 17 heavy (non-hydrogen) atoms. The molecule has 1 saturated carbocycles. The Morgan fingerprint density at radius 3 is 2.94 bits per heavy atom. The van der Waals surface area contributed by atoms with Crippen molar-refractivity contribution in [3.63, 3.8) is 0 Å². The largest absolute Gasteiger partial charge is 0.373 e. The molecule has 1 amide bonds. The SMILES string of the molecule is CCN(C(=O)COCC1CNCCO1)C1CC1. The number of carbonyl (C=O) groups is 1. The molecule has 0 aromatic carbocycles. The number of hydrogen-bond donors (Lipinski definition) is 1. The predicted octanol–water partition coefficient (Wildman–Crippen LogP) is 0.00230. The number of hydrogen-bond acceptors (Lipinski definition) is 4. The molecule has 2 aliphatic rings. The molecule has 1 aliphatic carbocycles. The van der Waals surface area contributed by atoms with Gasteiger partial charge in [0, 0.05) is 25.7 Å². The summed E-state index contributed by atoms with van der Waals surface area (Å²) >= 11 is 0. The maximum atomic E-state index is 11.8. The number of carbonyl (C=O) groups excluding carboxylic acids is 1. The average molecular weight is 242 g/mol. The van der Waals surface area contributed by atoms with Gasteiger partial charge in [-0.05, 0) is 19.8 Å². The number of ether oxygens (including phenoxy) is 2. The standard InChI is InChI=1S/C12H22N2O3/c1-2-14(10-3-4-10)12(15)9-16-8-11-7-13-5-6-17-11/h10-11,13H,2-9H2,1H3. The summed E-state index contributed by atoms with van der Waals surface area (Å²) < 4.78 is 10.9. The van der Waals surface area contributed by atoms with Crippen LogP contribution in [0.2, 0.25) is 0 Å². The number of nitrogens with one attached hydrogen (secondary N) is 1. The van der Waals surface area contributed by atoms with E-state index in [4.69, 9.17) is 9.47 Å². The monoisotopic (exact) mass is 242 g/mol. The summed E-state index contributed by atoms with van der Waals surface area (Å²) in [6.45, 7) is 5.93. The minimum atomic E-state index is 0.0903. The lowest BCUT2D eigenvalue weighted by molar-refractivity contribution is -0.138. The van der Waals surface area contributed by atoms with Crippen molar-refractivity contribution in [2.45, 2.75) is 31.9 Å². The quantitative estimate of drug-likeness (QED) is 0.712. The first kappa shape index (κ1) is 12.8. The number of nitrogens with zero attached hydrogens (tertiary/aromatic N) is 1. The maximum absolute atomic E-state index is 11.8. The van der Waals surface area contributed by atoms with Gasteiger partial charge in [-0.1, -0.05) is 0 Å². The van der Waals surface area contributed by atoms with Crippen molar-refractivity contribution < 1.29 is 14.3 Å². The Kier molecular flexibility index (Phi) is 4.76. The van der Waals surface area contributed by atoms with Crippen LogP contribution in [0.5, 0.6) is 0 Å². The van der Waals surface area contributed by atoms with Crippen LogP contribution in [0, 0.1) is 0 Å². The van der Waals surface area contributed by atoms with E-state index >= 15 is 0 Å². The summed E-state index contributed by atoms with van der Waals surface area (Å²) in [5, 5.41) is 3.23. The number of likely N-dealkylation sites (N-methyl/N-ethyl adjacent to an activating group) is 1. The van der Waals surface area contributed by atoms with Gasteiger partial charge in [0.15, 0.2) is 0 Å². The van der Waals surface area contributed by atoms with E-state index in [1.165, 1.54) is 0 Å². The second-order valence-corrected chi connectivity index (χ2v) is 4.62. The van der Waals surface area contributed by atoms with Crippen molar-refractivity contribution in [2.75, 3.05) is 39.5 Å². The molecule has 0 aromatic heterocycles. The number of amides is 1. The van der Waals surface area contributed by atoms with Gasteiger partial charge >= 0.3 is 0 Å². The molecule has 1 unspecified atom stereocenters. The van der Waals surface area contributed by atoms with E-state index in [2.05, 4.69) is 5.32 Å². The van der Waals surface area contributed by atoms with E-state index in [0.717, 1.165) is 39.1 Å². The minimum Gasteiger partial charge on any atom is -0.373 e. The fourth-order valence-corrected chi connectivity index (χ4v) is 2.11. The Bertz CT molecular complexity index is 250. The Hall–Kier alpha value is -0.650. The molecule has 0 spiro atoms. The van der Waals surface area contributed by atoms with Crippen molar-refractivity contribution in [1.29, 1.82) is 0 Å². The zero-order valence-corrected chi connectivity index (χ0v) is 10.5. The summed E-state index contributed by atoms with van der Waals surface area (Å²) in [4.78, 5) is 13.8. The highest BCUT2D eigenvalue weighted by Gasteiger charge is 2.31. The molecule has 1 heterocycles. The fraction of sp³-hybridized carbons (Fsp3) is 0.917. The smallest absolute Gasteiger partial charge is 0.248 e. The summed E-state index contributed by atoms with van der Waals surface area (Å²) in [5.74, 6) is 0.110. The van der Waals surface area contributed by atoms with E-state index in [1.807, 2.05) is 11.8 Å². The fourth-order valence-electron chi connectivity index (χ4n) is 2.11. The summed E-state index contributed by atoms with van der Waals surface area (Å²) in [6, 6.07) is 0.476. The van der Waals surface area contributed by atoms with Gasteiger partial charge in [-0.2, -0.15) is 0 Å². The molecule has 0 aromatic rings. The lowest BCUT2D eigenvalue weighted by atomic mass is 10.3. The molecule has 5 heteroatoms. The molecule has 98 valence electrons. The van der Waals surface area contributed by atoms with Crippen molar-refractivity contribution in [3.05, 3.63) is 0 Å².